The summed E-state index contributed by atoms with van der Waals surface area (Å²) in [5.74, 6) is -0.0421. The summed E-state index contributed by atoms with van der Waals surface area (Å²) in [7, 11) is 0. The van der Waals surface area contributed by atoms with E-state index in [-0.39, 0.29) is 0 Å². The van der Waals surface area contributed by atoms with Crippen LogP contribution in [0, 0.1) is 5.92 Å². The van der Waals surface area contributed by atoms with Crippen LogP contribution in [0.3, 0.4) is 0 Å². The van der Waals surface area contributed by atoms with Gasteiger partial charge in [-0.1, -0.05) is 19.4 Å². The van der Waals surface area contributed by atoms with Crippen molar-refractivity contribution in [2.24, 2.45) is 5.92 Å². The Kier molecular flexibility index (Phi) is 3.47. The first-order valence-corrected chi connectivity index (χ1v) is 7.39. The summed E-state index contributed by atoms with van der Waals surface area (Å²) in [5, 5.41) is 9.36. The molecule has 1 aliphatic carbocycles. The van der Waals surface area contributed by atoms with Crippen LogP contribution in [0.1, 0.15) is 55.4 Å². The summed E-state index contributed by atoms with van der Waals surface area (Å²) < 4.78 is 2.09. The molecular formula is C16H20N2O2. The number of rotatable bonds is 3. The average molecular weight is 272 g/mol. The third-order valence-corrected chi connectivity index (χ3v) is 4.61. The van der Waals surface area contributed by atoms with Crippen LogP contribution in [0.2, 0.25) is 0 Å². The Morgan fingerprint density at radius 1 is 1.35 bits per heavy atom. The molecule has 1 aromatic heterocycles. The molecule has 1 aromatic carbocycles. The Morgan fingerprint density at radius 2 is 2.10 bits per heavy atom. The van der Waals surface area contributed by atoms with Gasteiger partial charge in [0.15, 0.2) is 0 Å². The molecular weight excluding hydrogens is 252 g/mol. The second-order valence-electron chi connectivity index (χ2n) is 5.71. The average Bonchev–Trinajstić information content (AvgIpc) is 2.91. The lowest BCUT2D eigenvalue weighted by molar-refractivity contribution is 0.0698. The maximum atomic E-state index is 11.4. The fraction of sp³-hybridized carbons (Fsp3) is 0.500. The first kappa shape index (κ1) is 13.2. The van der Waals surface area contributed by atoms with Crippen LogP contribution < -0.4 is 0 Å². The molecule has 1 N–H and O–H groups in total. The van der Waals surface area contributed by atoms with Crippen LogP contribution in [0.15, 0.2) is 24.5 Å². The quantitative estimate of drug-likeness (QED) is 0.922. The van der Waals surface area contributed by atoms with E-state index in [1.165, 1.54) is 19.3 Å². The van der Waals surface area contributed by atoms with Crippen molar-refractivity contribution in [3.63, 3.8) is 0 Å². The molecule has 0 atom stereocenters. The standard InChI is InChI=1S/C16H20N2O2/c1-2-11-6-8-12(9-7-11)18-10-17-14-5-3-4-13(15(14)18)16(19)20/h3-5,10-12H,2,6-9H2,1H3,(H,19,20). The minimum absolute atomic E-state index is 0.359. The Morgan fingerprint density at radius 3 is 2.75 bits per heavy atom. The predicted octanol–water partition coefficient (Wildman–Crippen LogP) is 3.88. The van der Waals surface area contributed by atoms with Crippen molar-refractivity contribution < 1.29 is 9.90 Å². The van der Waals surface area contributed by atoms with Crippen molar-refractivity contribution in [3.05, 3.63) is 30.1 Å². The van der Waals surface area contributed by atoms with Crippen molar-refractivity contribution in [1.82, 2.24) is 9.55 Å². The summed E-state index contributed by atoms with van der Waals surface area (Å²) in [5.41, 5.74) is 1.92. The van der Waals surface area contributed by atoms with E-state index in [0.29, 0.717) is 11.6 Å². The molecule has 2 aromatic rings. The van der Waals surface area contributed by atoms with Gasteiger partial charge >= 0.3 is 5.97 Å². The lowest BCUT2D eigenvalue weighted by Gasteiger charge is -2.29. The zero-order chi connectivity index (χ0) is 14.1. The van der Waals surface area contributed by atoms with E-state index in [2.05, 4.69) is 16.5 Å². The Balaban J connectivity index is 1.98. The lowest BCUT2D eigenvalue weighted by atomic mass is 9.84. The molecule has 1 saturated carbocycles. The van der Waals surface area contributed by atoms with Gasteiger partial charge in [-0.2, -0.15) is 0 Å². The first-order valence-electron chi connectivity index (χ1n) is 7.39. The van der Waals surface area contributed by atoms with Crippen LogP contribution in [0.4, 0.5) is 0 Å². The molecule has 3 rings (SSSR count). The molecule has 0 saturated heterocycles. The number of carbonyl (C=O) groups is 1. The molecule has 1 heterocycles. The van der Waals surface area contributed by atoms with Crippen LogP contribution in [-0.4, -0.2) is 20.6 Å². The van der Waals surface area contributed by atoms with E-state index in [1.54, 1.807) is 12.1 Å². The number of carboxylic acids is 1. The number of nitrogens with zero attached hydrogens (tertiary/aromatic N) is 2. The van der Waals surface area contributed by atoms with Crippen molar-refractivity contribution in [2.75, 3.05) is 0 Å². The normalized spacial score (nSPS) is 23.1. The van der Waals surface area contributed by atoms with Crippen molar-refractivity contribution in [3.8, 4) is 0 Å². The van der Waals surface area contributed by atoms with E-state index in [4.69, 9.17) is 0 Å². The van der Waals surface area contributed by atoms with Crippen LogP contribution in [0.5, 0.6) is 0 Å². The number of carboxylic acid groups (broad SMARTS) is 1. The van der Waals surface area contributed by atoms with Gasteiger partial charge in [0, 0.05) is 6.04 Å². The van der Waals surface area contributed by atoms with Gasteiger partial charge in [0.25, 0.3) is 0 Å². The molecule has 1 fully saturated rings. The molecule has 0 spiro atoms. The topological polar surface area (TPSA) is 55.1 Å². The monoisotopic (exact) mass is 272 g/mol. The fourth-order valence-corrected chi connectivity index (χ4v) is 3.37. The number of hydrogen-bond donors (Lipinski definition) is 1. The molecule has 106 valence electrons. The maximum Gasteiger partial charge on any atom is 0.337 e. The van der Waals surface area contributed by atoms with E-state index in [9.17, 15) is 9.90 Å². The van der Waals surface area contributed by atoms with Gasteiger partial charge in [-0.15, -0.1) is 0 Å². The summed E-state index contributed by atoms with van der Waals surface area (Å²) in [6, 6.07) is 5.71. The number of imidazole rings is 1. The van der Waals surface area contributed by atoms with Crippen LogP contribution in [0.25, 0.3) is 11.0 Å². The fourth-order valence-electron chi connectivity index (χ4n) is 3.37. The molecule has 1 aliphatic rings. The number of aromatic carboxylic acids is 1. The summed E-state index contributed by atoms with van der Waals surface area (Å²) in [6.07, 6.45) is 7.77. The summed E-state index contributed by atoms with van der Waals surface area (Å²) >= 11 is 0. The smallest absolute Gasteiger partial charge is 0.337 e. The molecule has 0 bridgehead atoms. The zero-order valence-corrected chi connectivity index (χ0v) is 11.7. The SMILES string of the molecule is CCC1CCC(n2cnc3cccc(C(=O)O)c32)CC1. The van der Waals surface area contributed by atoms with Gasteiger partial charge in [-0.05, 0) is 43.7 Å². The first-order chi connectivity index (χ1) is 9.70. The van der Waals surface area contributed by atoms with Gasteiger partial charge in [-0.25, -0.2) is 9.78 Å². The van der Waals surface area contributed by atoms with Crippen molar-refractivity contribution in [2.45, 2.75) is 45.1 Å². The number of fused-ring (bicyclic) bond motifs is 1. The highest BCUT2D eigenvalue weighted by Crippen LogP contribution is 2.35. The number of aromatic nitrogens is 2. The minimum Gasteiger partial charge on any atom is -0.478 e. The van der Waals surface area contributed by atoms with E-state index in [1.807, 2.05) is 12.4 Å². The van der Waals surface area contributed by atoms with Crippen LogP contribution >= 0.6 is 0 Å². The molecule has 0 unspecified atom stereocenters. The summed E-state index contributed by atoms with van der Waals surface area (Å²) in [6.45, 7) is 2.25. The second kappa shape index (κ2) is 5.27. The van der Waals surface area contributed by atoms with E-state index >= 15 is 0 Å². The minimum atomic E-state index is -0.875. The maximum absolute atomic E-state index is 11.4. The number of hydrogen-bond acceptors (Lipinski definition) is 2. The highest BCUT2D eigenvalue weighted by molar-refractivity contribution is 6.01. The third-order valence-electron chi connectivity index (χ3n) is 4.61. The highest BCUT2D eigenvalue weighted by Gasteiger charge is 2.24. The Hall–Kier alpha value is -1.84. The van der Waals surface area contributed by atoms with Gasteiger partial charge < -0.3 is 9.67 Å². The highest BCUT2D eigenvalue weighted by atomic mass is 16.4. The second-order valence-corrected chi connectivity index (χ2v) is 5.71. The Labute approximate surface area is 118 Å². The molecule has 20 heavy (non-hydrogen) atoms. The zero-order valence-electron chi connectivity index (χ0n) is 11.7. The molecule has 0 radical (unpaired) electrons. The molecule has 4 nitrogen and oxygen atoms in total. The van der Waals surface area contributed by atoms with Gasteiger partial charge in [0.1, 0.15) is 0 Å². The Bertz CT molecular complexity index is 624. The predicted molar refractivity (Wildman–Crippen MR) is 78.0 cm³/mol. The van der Waals surface area contributed by atoms with Crippen LogP contribution in [-0.2, 0) is 0 Å². The third kappa shape index (κ3) is 2.19. The van der Waals surface area contributed by atoms with Gasteiger partial charge in [0.05, 0.1) is 22.9 Å². The summed E-state index contributed by atoms with van der Waals surface area (Å²) in [4.78, 5) is 15.8. The lowest BCUT2D eigenvalue weighted by Crippen LogP contribution is -2.18. The van der Waals surface area contributed by atoms with Gasteiger partial charge in [-0.3, -0.25) is 0 Å². The largest absolute Gasteiger partial charge is 0.478 e. The molecule has 0 amide bonds. The molecule has 0 aliphatic heterocycles. The van der Waals surface area contributed by atoms with Gasteiger partial charge in [0.2, 0.25) is 0 Å². The van der Waals surface area contributed by atoms with Crippen molar-refractivity contribution in [1.29, 1.82) is 0 Å². The number of para-hydroxylation sites is 1. The van der Waals surface area contributed by atoms with Crippen molar-refractivity contribution >= 4 is 17.0 Å². The van der Waals surface area contributed by atoms with E-state index < -0.39 is 5.97 Å². The molecule has 4 heteroatoms. The number of benzene rings is 1. The van der Waals surface area contributed by atoms with E-state index in [0.717, 1.165) is 29.8 Å².